The van der Waals surface area contributed by atoms with Gasteiger partial charge in [0, 0.05) is 5.69 Å². The van der Waals surface area contributed by atoms with Gasteiger partial charge in [-0.25, -0.2) is 0 Å². The first-order valence-electron chi connectivity index (χ1n) is 3.88. The first-order chi connectivity index (χ1) is 6.54. The number of alkyl halides is 3. The third kappa shape index (κ3) is 2.70. The number of nitrogens with one attached hydrogen (secondary N) is 1. The van der Waals surface area contributed by atoms with Gasteiger partial charge in [-0.3, -0.25) is 0 Å². The van der Waals surface area contributed by atoms with E-state index in [1.807, 2.05) is 0 Å². The second-order valence-electron chi connectivity index (χ2n) is 2.63. The van der Waals surface area contributed by atoms with Crippen molar-refractivity contribution in [1.29, 1.82) is 0 Å². The van der Waals surface area contributed by atoms with Crippen molar-refractivity contribution in [2.24, 2.45) is 0 Å². The lowest BCUT2D eigenvalue weighted by Crippen LogP contribution is -2.05. The van der Waals surface area contributed by atoms with Crippen molar-refractivity contribution in [3.05, 3.63) is 29.8 Å². The highest BCUT2D eigenvalue weighted by Crippen LogP contribution is 2.29. The minimum atomic E-state index is -4.29. The molecule has 0 saturated heterocycles. The predicted molar refractivity (Wildman–Crippen MR) is 48.8 cm³/mol. The zero-order valence-electron chi connectivity index (χ0n) is 7.23. The van der Waals surface area contributed by atoms with Crippen LogP contribution in [0.5, 0.6) is 0 Å². The van der Waals surface area contributed by atoms with Crippen molar-refractivity contribution >= 4 is 5.69 Å². The highest BCUT2D eigenvalue weighted by molar-refractivity contribution is 5.45. The summed E-state index contributed by atoms with van der Waals surface area (Å²) in [4.78, 5) is 0. The van der Waals surface area contributed by atoms with Crippen LogP contribution in [0.15, 0.2) is 24.3 Å². The van der Waals surface area contributed by atoms with Gasteiger partial charge in [-0.2, -0.15) is 13.2 Å². The Morgan fingerprint density at radius 2 is 1.79 bits per heavy atom. The topological polar surface area (TPSA) is 12.0 Å². The molecule has 0 aliphatic rings. The van der Waals surface area contributed by atoms with E-state index < -0.39 is 11.7 Å². The minimum Gasteiger partial charge on any atom is -0.374 e. The molecule has 0 atom stereocenters. The second kappa shape index (κ2) is 4.05. The van der Waals surface area contributed by atoms with Crippen molar-refractivity contribution in [3.63, 3.8) is 0 Å². The quantitative estimate of drug-likeness (QED) is 0.722. The summed E-state index contributed by atoms with van der Waals surface area (Å²) in [5, 5.41) is 2.77. The lowest BCUT2D eigenvalue weighted by Gasteiger charge is -2.07. The third-order valence-corrected chi connectivity index (χ3v) is 1.61. The summed E-state index contributed by atoms with van der Waals surface area (Å²) >= 11 is 0. The maximum absolute atomic E-state index is 12.1. The second-order valence-corrected chi connectivity index (χ2v) is 2.63. The van der Waals surface area contributed by atoms with Gasteiger partial charge in [0.1, 0.15) is 0 Å². The Morgan fingerprint density at radius 1 is 1.21 bits per heavy atom. The fourth-order valence-electron chi connectivity index (χ4n) is 0.930. The van der Waals surface area contributed by atoms with E-state index in [-0.39, 0.29) is 0 Å². The number of benzene rings is 1. The van der Waals surface area contributed by atoms with Crippen LogP contribution in [0.2, 0.25) is 0 Å². The maximum Gasteiger partial charge on any atom is 0.416 e. The number of terminal acetylenes is 1. The molecule has 0 bridgehead atoms. The molecule has 0 heterocycles. The molecule has 4 heteroatoms. The molecule has 1 rings (SSSR count). The molecule has 1 aromatic carbocycles. The molecule has 0 spiro atoms. The van der Waals surface area contributed by atoms with E-state index in [2.05, 4.69) is 11.2 Å². The molecule has 74 valence electrons. The van der Waals surface area contributed by atoms with Gasteiger partial charge in [0.05, 0.1) is 12.1 Å². The predicted octanol–water partition coefficient (Wildman–Crippen LogP) is 2.75. The molecule has 14 heavy (non-hydrogen) atoms. The van der Waals surface area contributed by atoms with Crippen molar-refractivity contribution in [2.75, 3.05) is 11.9 Å². The van der Waals surface area contributed by atoms with Crippen LogP contribution < -0.4 is 5.32 Å². The van der Waals surface area contributed by atoms with Gasteiger partial charge < -0.3 is 5.32 Å². The monoisotopic (exact) mass is 199 g/mol. The molecule has 0 amide bonds. The van der Waals surface area contributed by atoms with E-state index in [0.717, 1.165) is 12.1 Å². The molecular formula is C10H8F3N. The highest BCUT2D eigenvalue weighted by atomic mass is 19.4. The zero-order valence-corrected chi connectivity index (χ0v) is 7.23. The van der Waals surface area contributed by atoms with Crippen LogP contribution in [-0.4, -0.2) is 6.54 Å². The van der Waals surface area contributed by atoms with Gasteiger partial charge in [-0.15, -0.1) is 6.42 Å². The SMILES string of the molecule is C#CCNc1ccc(C(F)(F)F)cc1. The summed E-state index contributed by atoms with van der Waals surface area (Å²) in [6.45, 7) is 0.297. The number of hydrogen-bond acceptors (Lipinski definition) is 1. The zero-order chi connectivity index (χ0) is 10.6. The van der Waals surface area contributed by atoms with E-state index in [1.165, 1.54) is 12.1 Å². The van der Waals surface area contributed by atoms with Gasteiger partial charge in [0.25, 0.3) is 0 Å². The Kier molecular flexibility index (Phi) is 3.03. The van der Waals surface area contributed by atoms with Crippen molar-refractivity contribution < 1.29 is 13.2 Å². The molecule has 1 nitrogen and oxygen atoms in total. The van der Waals surface area contributed by atoms with Crippen LogP contribution in [0.4, 0.5) is 18.9 Å². The largest absolute Gasteiger partial charge is 0.416 e. The van der Waals surface area contributed by atoms with E-state index in [9.17, 15) is 13.2 Å². The summed E-state index contributed by atoms with van der Waals surface area (Å²) in [6, 6.07) is 4.72. The van der Waals surface area contributed by atoms with Gasteiger partial charge in [-0.05, 0) is 24.3 Å². The van der Waals surface area contributed by atoms with Crippen LogP contribution >= 0.6 is 0 Å². The summed E-state index contributed by atoms with van der Waals surface area (Å²) in [7, 11) is 0. The Hall–Kier alpha value is -1.63. The molecular weight excluding hydrogens is 191 g/mol. The van der Waals surface area contributed by atoms with E-state index in [0.29, 0.717) is 12.2 Å². The molecule has 0 unspecified atom stereocenters. The molecule has 0 aliphatic heterocycles. The van der Waals surface area contributed by atoms with Crippen molar-refractivity contribution in [1.82, 2.24) is 0 Å². The number of rotatable bonds is 2. The molecule has 0 saturated carbocycles. The summed E-state index contributed by atoms with van der Waals surface area (Å²) < 4.78 is 36.4. The average molecular weight is 199 g/mol. The van der Waals surface area contributed by atoms with Gasteiger partial charge >= 0.3 is 6.18 Å². The van der Waals surface area contributed by atoms with Crippen LogP contribution in [-0.2, 0) is 6.18 Å². The summed E-state index contributed by atoms with van der Waals surface area (Å²) in [5.41, 5.74) is -0.0836. The summed E-state index contributed by atoms with van der Waals surface area (Å²) in [6.07, 6.45) is 0.696. The molecule has 0 aliphatic carbocycles. The number of hydrogen-bond donors (Lipinski definition) is 1. The molecule has 1 N–H and O–H groups in total. The van der Waals surface area contributed by atoms with Gasteiger partial charge in [-0.1, -0.05) is 5.92 Å². The molecule has 0 aromatic heterocycles. The molecule has 0 radical (unpaired) electrons. The molecule has 1 aromatic rings. The summed E-state index contributed by atoms with van der Waals surface area (Å²) in [5.74, 6) is 2.33. The van der Waals surface area contributed by atoms with Gasteiger partial charge in [0.15, 0.2) is 0 Å². The Morgan fingerprint density at radius 3 is 2.21 bits per heavy atom. The Balaban J connectivity index is 2.75. The minimum absolute atomic E-state index is 0.297. The maximum atomic E-state index is 12.1. The van der Waals surface area contributed by atoms with Crippen LogP contribution in [0.25, 0.3) is 0 Å². The van der Waals surface area contributed by atoms with Crippen molar-refractivity contribution in [2.45, 2.75) is 6.18 Å². The fraction of sp³-hybridized carbons (Fsp3) is 0.200. The van der Waals surface area contributed by atoms with E-state index >= 15 is 0 Å². The Bertz CT molecular complexity index is 332. The van der Waals surface area contributed by atoms with Crippen LogP contribution in [0, 0.1) is 12.3 Å². The van der Waals surface area contributed by atoms with Gasteiger partial charge in [0.2, 0.25) is 0 Å². The van der Waals surface area contributed by atoms with Crippen molar-refractivity contribution in [3.8, 4) is 12.3 Å². The lowest BCUT2D eigenvalue weighted by atomic mass is 10.2. The first kappa shape index (κ1) is 10.5. The normalized spacial score (nSPS) is 10.7. The fourth-order valence-corrected chi connectivity index (χ4v) is 0.930. The van der Waals surface area contributed by atoms with E-state index in [1.54, 1.807) is 0 Å². The van der Waals surface area contributed by atoms with Crippen LogP contribution in [0.3, 0.4) is 0 Å². The smallest absolute Gasteiger partial charge is 0.374 e. The average Bonchev–Trinajstić information content (AvgIpc) is 2.14. The van der Waals surface area contributed by atoms with Crippen LogP contribution in [0.1, 0.15) is 5.56 Å². The lowest BCUT2D eigenvalue weighted by molar-refractivity contribution is -0.137. The third-order valence-electron chi connectivity index (χ3n) is 1.61. The standard InChI is InChI=1S/C10H8F3N/c1-2-7-14-9-5-3-8(4-6-9)10(11,12)13/h1,3-6,14H,7H2. The number of anilines is 1. The highest BCUT2D eigenvalue weighted by Gasteiger charge is 2.29. The molecule has 0 fully saturated rings. The Labute approximate surface area is 79.9 Å². The number of halogens is 3. The first-order valence-corrected chi connectivity index (χ1v) is 3.88. The van der Waals surface area contributed by atoms with E-state index in [4.69, 9.17) is 6.42 Å².